The van der Waals surface area contributed by atoms with Crippen molar-refractivity contribution >= 4 is 51.8 Å². The fourth-order valence-electron chi connectivity index (χ4n) is 4.06. The summed E-state index contributed by atoms with van der Waals surface area (Å²) in [5.74, 6) is -2.40. The largest absolute Gasteiger partial charge is 0.463 e. The summed E-state index contributed by atoms with van der Waals surface area (Å²) in [6, 6.07) is 17.7. The molecule has 0 aromatic heterocycles. The number of fused-ring (bicyclic) bond motifs is 1. The van der Waals surface area contributed by atoms with Gasteiger partial charge in [-0.1, -0.05) is 60.3 Å². The van der Waals surface area contributed by atoms with Crippen molar-refractivity contribution in [2.24, 2.45) is 5.73 Å². The van der Waals surface area contributed by atoms with E-state index in [4.69, 9.17) is 10.5 Å². The molecule has 184 valence electrons. The molecule has 0 aliphatic carbocycles. The van der Waals surface area contributed by atoms with Crippen molar-refractivity contribution in [3.8, 4) is 0 Å². The van der Waals surface area contributed by atoms with Crippen molar-refractivity contribution in [3.63, 3.8) is 0 Å². The van der Waals surface area contributed by atoms with Gasteiger partial charge < -0.3 is 15.8 Å². The Morgan fingerprint density at radius 3 is 2.56 bits per heavy atom. The number of imide groups is 1. The summed E-state index contributed by atoms with van der Waals surface area (Å²) in [4.78, 5) is 49.4. The number of nitrogens with zero attached hydrogens (tertiary/aromatic N) is 1. The standard InChI is InChI=1S/C25H22N4O6S/c1-2-35-24(31)20-19(15-9-5-10-16(13-15)29(33)34)21(36-22(20)26)23(30)28-25(32)27-18-12-6-8-14-7-3-4-11-17(14)18/h3-13,19,21H,2,26H2,1H3,(H2,27,28,30,32). The summed E-state index contributed by atoms with van der Waals surface area (Å²) in [5.41, 5.74) is 6.76. The SMILES string of the molecule is CCOC(=O)C1=C(N)SC(C(=O)NC(=O)Nc2cccc3ccccc23)C1c1cccc([N+](=O)[O-])c1. The fraction of sp³-hybridized carbons (Fsp3) is 0.160. The van der Waals surface area contributed by atoms with E-state index in [2.05, 4.69) is 10.6 Å². The molecule has 4 N–H and O–H groups in total. The lowest BCUT2D eigenvalue weighted by molar-refractivity contribution is -0.384. The topological polar surface area (TPSA) is 154 Å². The molecule has 3 aromatic rings. The summed E-state index contributed by atoms with van der Waals surface area (Å²) < 4.78 is 5.12. The van der Waals surface area contributed by atoms with Crippen LogP contribution in [-0.4, -0.2) is 34.7 Å². The van der Waals surface area contributed by atoms with E-state index in [9.17, 15) is 24.5 Å². The highest BCUT2D eigenvalue weighted by molar-refractivity contribution is 8.04. The van der Waals surface area contributed by atoms with Gasteiger partial charge in [0.15, 0.2) is 0 Å². The van der Waals surface area contributed by atoms with Crippen molar-refractivity contribution < 1.29 is 24.0 Å². The number of hydrogen-bond acceptors (Lipinski definition) is 8. The molecule has 0 saturated heterocycles. The summed E-state index contributed by atoms with van der Waals surface area (Å²) in [7, 11) is 0. The Bertz CT molecular complexity index is 1400. The van der Waals surface area contributed by atoms with Gasteiger partial charge in [-0.05, 0) is 23.9 Å². The van der Waals surface area contributed by atoms with E-state index in [1.165, 1.54) is 18.2 Å². The quantitative estimate of drug-likeness (QED) is 0.257. The first-order valence-electron chi connectivity index (χ1n) is 11.0. The van der Waals surface area contributed by atoms with Gasteiger partial charge in [0, 0.05) is 23.4 Å². The van der Waals surface area contributed by atoms with Gasteiger partial charge in [0.1, 0.15) is 5.25 Å². The minimum atomic E-state index is -1.04. The minimum Gasteiger partial charge on any atom is -0.463 e. The Balaban J connectivity index is 1.60. The van der Waals surface area contributed by atoms with Crippen LogP contribution in [0.15, 0.2) is 77.3 Å². The van der Waals surface area contributed by atoms with Crippen LogP contribution < -0.4 is 16.4 Å². The molecular formula is C25H22N4O6S. The Labute approximate surface area is 210 Å². The maximum Gasteiger partial charge on any atom is 0.337 e. The molecule has 4 rings (SSSR count). The highest BCUT2D eigenvalue weighted by Gasteiger charge is 2.44. The lowest BCUT2D eigenvalue weighted by Crippen LogP contribution is -2.41. The van der Waals surface area contributed by atoms with Crippen LogP contribution in [0.1, 0.15) is 18.4 Å². The number of nitro benzene ring substituents is 1. The lowest BCUT2D eigenvalue weighted by atomic mass is 9.87. The lowest BCUT2D eigenvalue weighted by Gasteiger charge is -2.21. The van der Waals surface area contributed by atoms with E-state index < -0.39 is 34.0 Å². The van der Waals surface area contributed by atoms with Gasteiger partial charge in [-0.3, -0.25) is 20.2 Å². The van der Waals surface area contributed by atoms with Crippen LogP contribution in [0, 0.1) is 10.1 Å². The van der Waals surface area contributed by atoms with Crippen LogP contribution >= 0.6 is 11.8 Å². The molecule has 0 saturated carbocycles. The number of benzene rings is 3. The maximum absolute atomic E-state index is 13.2. The van der Waals surface area contributed by atoms with Gasteiger partial charge in [-0.15, -0.1) is 0 Å². The number of carbonyl (C=O) groups is 3. The Kier molecular flexibility index (Phi) is 7.20. The zero-order chi connectivity index (χ0) is 25.8. The van der Waals surface area contributed by atoms with Crippen molar-refractivity contribution in [3.05, 3.63) is 93.0 Å². The molecule has 0 bridgehead atoms. The van der Waals surface area contributed by atoms with Crippen LogP contribution in [0.5, 0.6) is 0 Å². The van der Waals surface area contributed by atoms with Crippen molar-refractivity contribution in [1.82, 2.24) is 5.32 Å². The second-order valence-corrected chi connectivity index (χ2v) is 9.02. The summed E-state index contributed by atoms with van der Waals surface area (Å²) in [6.07, 6.45) is 0. The van der Waals surface area contributed by atoms with E-state index in [1.54, 1.807) is 25.1 Å². The molecule has 11 heteroatoms. The molecule has 1 aliphatic rings. The first-order valence-corrected chi connectivity index (χ1v) is 11.9. The first kappa shape index (κ1) is 24.7. The number of esters is 1. The second-order valence-electron chi connectivity index (χ2n) is 7.84. The number of amides is 3. The number of nitrogens with one attached hydrogen (secondary N) is 2. The molecule has 2 atom stereocenters. The van der Waals surface area contributed by atoms with E-state index in [1.807, 2.05) is 30.3 Å². The number of hydrogen-bond donors (Lipinski definition) is 3. The van der Waals surface area contributed by atoms with Gasteiger partial charge in [-0.25, -0.2) is 9.59 Å². The monoisotopic (exact) mass is 506 g/mol. The number of nitro groups is 1. The predicted molar refractivity (Wildman–Crippen MR) is 136 cm³/mol. The van der Waals surface area contributed by atoms with Crippen LogP contribution in [0.25, 0.3) is 10.8 Å². The number of carbonyl (C=O) groups excluding carboxylic acids is 3. The van der Waals surface area contributed by atoms with Gasteiger partial charge in [0.25, 0.3) is 5.69 Å². The summed E-state index contributed by atoms with van der Waals surface area (Å²) in [6.45, 7) is 1.70. The molecule has 3 aromatic carbocycles. The number of nitrogens with two attached hydrogens (primary N) is 1. The van der Waals surface area contributed by atoms with E-state index in [0.717, 1.165) is 22.5 Å². The fourth-order valence-corrected chi connectivity index (χ4v) is 5.26. The molecule has 0 fully saturated rings. The number of thioether (sulfide) groups is 1. The highest BCUT2D eigenvalue weighted by Crippen LogP contribution is 2.46. The average Bonchev–Trinajstić information content (AvgIpc) is 3.22. The molecule has 36 heavy (non-hydrogen) atoms. The predicted octanol–water partition coefficient (Wildman–Crippen LogP) is 4.03. The Morgan fingerprint density at radius 1 is 1.08 bits per heavy atom. The van der Waals surface area contributed by atoms with E-state index >= 15 is 0 Å². The van der Waals surface area contributed by atoms with Crippen LogP contribution in [0.4, 0.5) is 16.2 Å². The van der Waals surface area contributed by atoms with E-state index in [0.29, 0.717) is 11.3 Å². The molecule has 2 unspecified atom stereocenters. The highest BCUT2D eigenvalue weighted by atomic mass is 32.2. The van der Waals surface area contributed by atoms with Crippen molar-refractivity contribution in [1.29, 1.82) is 0 Å². The van der Waals surface area contributed by atoms with Gasteiger partial charge in [0.2, 0.25) is 5.91 Å². The zero-order valence-electron chi connectivity index (χ0n) is 19.1. The smallest absolute Gasteiger partial charge is 0.337 e. The Hall–Kier alpha value is -4.38. The molecule has 1 heterocycles. The third kappa shape index (κ3) is 5.01. The van der Waals surface area contributed by atoms with Crippen LogP contribution in [0.2, 0.25) is 0 Å². The molecule has 10 nitrogen and oxygen atoms in total. The molecule has 3 amide bonds. The maximum atomic E-state index is 13.2. The Morgan fingerprint density at radius 2 is 1.81 bits per heavy atom. The van der Waals surface area contributed by atoms with Crippen LogP contribution in [-0.2, 0) is 14.3 Å². The molecule has 0 spiro atoms. The van der Waals surface area contributed by atoms with Gasteiger partial charge >= 0.3 is 12.0 Å². The number of ether oxygens (including phenoxy) is 1. The normalized spacial score (nSPS) is 17.0. The third-order valence-corrected chi connectivity index (χ3v) is 6.82. The molecule has 1 aliphatic heterocycles. The minimum absolute atomic E-state index is 0.0250. The first-order chi connectivity index (χ1) is 17.3. The van der Waals surface area contributed by atoms with E-state index in [-0.39, 0.29) is 22.9 Å². The molecular weight excluding hydrogens is 484 g/mol. The second kappa shape index (κ2) is 10.5. The van der Waals surface area contributed by atoms with Gasteiger partial charge in [-0.2, -0.15) is 0 Å². The summed E-state index contributed by atoms with van der Waals surface area (Å²) in [5, 5.41) is 17.0. The number of urea groups is 1. The van der Waals surface area contributed by atoms with Gasteiger partial charge in [0.05, 0.1) is 27.8 Å². The number of non-ortho nitro benzene ring substituents is 1. The average molecular weight is 507 g/mol. The summed E-state index contributed by atoms with van der Waals surface area (Å²) >= 11 is 0.899. The zero-order valence-corrected chi connectivity index (χ0v) is 19.9. The molecule has 0 radical (unpaired) electrons. The third-order valence-electron chi connectivity index (χ3n) is 5.60. The number of anilines is 1. The van der Waals surface area contributed by atoms with Crippen molar-refractivity contribution in [2.45, 2.75) is 18.1 Å². The van der Waals surface area contributed by atoms with Crippen LogP contribution in [0.3, 0.4) is 0 Å². The number of rotatable bonds is 6. The van der Waals surface area contributed by atoms with Crippen molar-refractivity contribution in [2.75, 3.05) is 11.9 Å².